The third kappa shape index (κ3) is 3.23. The Bertz CT molecular complexity index is 885. The number of ether oxygens (including phenoxy) is 2. The third-order valence-corrected chi connectivity index (χ3v) is 3.63. The topological polar surface area (TPSA) is 91.4 Å². The second-order valence-corrected chi connectivity index (χ2v) is 5.35. The molecule has 3 rings (SSSR count). The zero-order chi connectivity index (χ0) is 17.1. The summed E-state index contributed by atoms with van der Waals surface area (Å²) < 4.78 is 13.5. The van der Waals surface area contributed by atoms with Crippen molar-refractivity contribution in [3.05, 3.63) is 47.1 Å². The van der Waals surface area contributed by atoms with Crippen LogP contribution in [0.5, 0.6) is 11.5 Å². The molecule has 2 heterocycles. The SMILES string of the molecule is COc1ccc(OCC(O)Cn2cnc3c(cnn3C)c2=O)cc1. The van der Waals surface area contributed by atoms with Crippen LogP contribution in [0.3, 0.4) is 0 Å². The molecular weight excluding hydrogens is 312 g/mol. The first-order valence-corrected chi connectivity index (χ1v) is 7.40. The van der Waals surface area contributed by atoms with E-state index in [1.165, 1.54) is 21.8 Å². The van der Waals surface area contributed by atoms with Gasteiger partial charge in [-0.05, 0) is 24.3 Å². The Hall–Kier alpha value is -2.87. The van der Waals surface area contributed by atoms with Gasteiger partial charge in [0.05, 0.1) is 19.9 Å². The first-order chi connectivity index (χ1) is 11.6. The number of aryl methyl sites for hydroxylation is 1. The molecule has 0 spiro atoms. The van der Waals surface area contributed by atoms with E-state index in [1.807, 2.05) is 0 Å². The number of hydrogen-bond donors (Lipinski definition) is 1. The molecule has 1 atom stereocenters. The van der Waals surface area contributed by atoms with Crippen LogP contribution < -0.4 is 15.0 Å². The molecule has 126 valence electrons. The van der Waals surface area contributed by atoms with E-state index in [0.29, 0.717) is 16.8 Å². The quantitative estimate of drug-likeness (QED) is 0.711. The van der Waals surface area contributed by atoms with Crippen LogP contribution in [-0.2, 0) is 13.6 Å². The number of aliphatic hydroxyl groups excluding tert-OH is 1. The fraction of sp³-hybridized carbons (Fsp3) is 0.312. The number of hydrogen-bond acceptors (Lipinski definition) is 6. The molecule has 0 radical (unpaired) electrons. The molecule has 0 amide bonds. The maximum Gasteiger partial charge on any atom is 0.264 e. The Morgan fingerprint density at radius 2 is 1.96 bits per heavy atom. The molecule has 24 heavy (non-hydrogen) atoms. The van der Waals surface area contributed by atoms with Gasteiger partial charge in [0.1, 0.15) is 35.9 Å². The van der Waals surface area contributed by atoms with Crippen LogP contribution in [0, 0.1) is 0 Å². The monoisotopic (exact) mass is 330 g/mol. The molecule has 0 saturated carbocycles. The smallest absolute Gasteiger partial charge is 0.264 e. The molecule has 3 aromatic rings. The lowest BCUT2D eigenvalue weighted by Gasteiger charge is -2.14. The van der Waals surface area contributed by atoms with E-state index in [0.717, 1.165) is 5.75 Å². The van der Waals surface area contributed by atoms with Crippen LogP contribution in [0.25, 0.3) is 11.0 Å². The number of aliphatic hydroxyl groups is 1. The van der Waals surface area contributed by atoms with Crippen LogP contribution >= 0.6 is 0 Å². The molecule has 1 unspecified atom stereocenters. The van der Waals surface area contributed by atoms with Gasteiger partial charge in [-0.3, -0.25) is 14.0 Å². The lowest BCUT2D eigenvalue weighted by Crippen LogP contribution is -2.30. The highest BCUT2D eigenvalue weighted by Gasteiger charge is 2.12. The number of nitrogens with zero attached hydrogens (tertiary/aromatic N) is 4. The van der Waals surface area contributed by atoms with Gasteiger partial charge in [0.15, 0.2) is 5.65 Å². The normalized spacial score (nSPS) is 12.3. The van der Waals surface area contributed by atoms with Crippen molar-refractivity contribution < 1.29 is 14.6 Å². The number of benzene rings is 1. The molecule has 0 aliphatic rings. The van der Waals surface area contributed by atoms with Gasteiger partial charge in [0.25, 0.3) is 5.56 Å². The number of methoxy groups -OCH3 is 1. The van der Waals surface area contributed by atoms with Crippen molar-refractivity contribution in [2.24, 2.45) is 7.05 Å². The molecule has 1 aromatic carbocycles. The summed E-state index contributed by atoms with van der Waals surface area (Å²) in [4.78, 5) is 16.5. The second kappa shape index (κ2) is 6.71. The Morgan fingerprint density at radius 3 is 2.67 bits per heavy atom. The summed E-state index contributed by atoms with van der Waals surface area (Å²) >= 11 is 0. The summed E-state index contributed by atoms with van der Waals surface area (Å²) in [5, 5.41) is 14.5. The van der Waals surface area contributed by atoms with Crippen molar-refractivity contribution in [2.45, 2.75) is 12.6 Å². The second-order valence-electron chi connectivity index (χ2n) is 5.35. The predicted octanol–water partition coefficient (Wildman–Crippen LogP) is 0.579. The molecule has 8 nitrogen and oxygen atoms in total. The van der Waals surface area contributed by atoms with Crippen molar-refractivity contribution in [1.29, 1.82) is 0 Å². The minimum absolute atomic E-state index is 0.0594. The molecule has 0 bridgehead atoms. The Labute approximate surface area is 137 Å². The molecule has 2 aromatic heterocycles. The number of aromatic nitrogens is 4. The van der Waals surface area contributed by atoms with E-state index in [-0.39, 0.29) is 18.7 Å². The summed E-state index contributed by atoms with van der Waals surface area (Å²) in [6.07, 6.45) is 2.03. The van der Waals surface area contributed by atoms with E-state index < -0.39 is 6.10 Å². The van der Waals surface area contributed by atoms with E-state index in [9.17, 15) is 9.90 Å². The third-order valence-electron chi connectivity index (χ3n) is 3.63. The average Bonchev–Trinajstić information content (AvgIpc) is 2.98. The van der Waals surface area contributed by atoms with Gasteiger partial charge in [0.2, 0.25) is 0 Å². The maximum absolute atomic E-state index is 12.3. The van der Waals surface area contributed by atoms with E-state index in [4.69, 9.17) is 9.47 Å². The molecule has 0 aliphatic heterocycles. The molecule has 8 heteroatoms. The first kappa shape index (κ1) is 16.0. The minimum atomic E-state index is -0.847. The highest BCUT2D eigenvalue weighted by atomic mass is 16.5. The van der Waals surface area contributed by atoms with Crippen LogP contribution in [0.2, 0.25) is 0 Å². The van der Waals surface area contributed by atoms with E-state index >= 15 is 0 Å². The Kier molecular flexibility index (Phi) is 4.48. The summed E-state index contributed by atoms with van der Waals surface area (Å²) in [6.45, 7) is 0.149. The molecule has 1 N–H and O–H groups in total. The number of rotatable bonds is 6. The summed E-state index contributed by atoms with van der Waals surface area (Å²) in [5.74, 6) is 1.34. The van der Waals surface area contributed by atoms with Crippen LogP contribution in [-0.4, -0.2) is 44.3 Å². The Balaban J connectivity index is 1.65. The minimum Gasteiger partial charge on any atom is -0.497 e. The van der Waals surface area contributed by atoms with Gasteiger partial charge < -0.3 is 14.6 Å². The lowest BCUT2D eigenvalue weighted by atomic mass is 10.3. The first-order valence-electron chi connectivity index (χ1n) is 7.40. The summed E-state index contributed by atoms with van der Waals surface area (Å²) in [7, 11) is 3.31. The maximum atomic E-state index is 12.3. The average molecular weight is 330 g/mol. The predicted molar refractivity (Wildman–Crippen MR) is 87.3 cm³/mol. The van der Waals surface area contributed by atoms with Crippen molar-refractivity contribution in [1.82, 2.24) is 19.3 Å². The number of fused-ring (bicyclic) bond motifs is 1. The highest BCUT2D eigenvalue weighted by molar-refractivity contribution is 5.72. The van der Waals surface area contributed by atoms with E-state index in [2.05, 4.69) is 10.1 Å². The standard InChI is InChI=1S/C16H18N4O4/c1-19-15-14(7-18-19)16(22)20(10-17-15)8-11(21)9-24-13-5-3-12(23-2)4-6-13/h3-7,10-11,21H,8-9H2,1-2H3. The van der Waals surface area contributed by atoms with Gasteiger partial charge in [-0.25, -0.2) is 4.98 Å². The van der Waals surface area contributed by atoms with Gasteiger partial charge in [-0.15, -0.1) is 0 Å². The Morgan fingerprint density at radius 1 is 1.25 bits per heavy atom. The van der Waals surface area contributed by atoms with Crippen molar-refractivity contribution >= 4 is 11.0 Å². The molecule has 0 fully saturated rings. The summed E-state index contributed by atoms with van der Waals surface area (Å²) in [6, 6.07) is 7.04. The fourth-order valence-corrected chi connectivity index (χ4v) is 2.34. The van der Waals surface area contributed by atoms with E-state index in [1.54, 1.807) is 38.4 Å². The van der Waals surface area contributed by atoms with Crippen LogP contribution in [0.1, 0.15) is 0 Å². The highest BCUT2D eigenvalue weighted by Crippen LogP contribution is 2.17. The van der Waals surface area contributed by atoms with Gasteiger partial charge in [-0.1, -0.05) is 0 Å². The van der Waals surface area contributed by atoms with Crippen molar-refractivity contribution in [2.75, 3.05) is 13.7 Å². The van der Waals surface area contributed by atoms with Crippen LogP contribution in [0.15, 0.2) is 41.6 Å². The van der Waals surface area contributed by atoms with Crippen molar-refractivity contribution in [3.8, 4) is 11.5 Å². The molecule has 0 saturated heterocycles. The zero-order valence-electron chi connectivity index (χ0n) is 13.4. The lowest BCUT2D eigenvalue weighted by molar-refractivity contribution is 0.0914. The van der Waals surface area contributed by atoms with Crippen LogP contribution in [0.4, 0.5) is 0 Å². The largest absolute Gasteiger partial charge is 0.497 e. The van der Waals surface area contributed by atoms with Gasteiger partial charge in [0, 0.05) is 7.05 Å². The fourth-order valence-electron chi connectivity index (χ4n) is 2.34. The van der Waals surface area contributed by atoms with Crippen molar-refractivity contribution in [3.63, 3.8) is 0 Å². The summed E-state index contributed by atoms with van der Waals surface area (Å²) in [5.41, 5.74) is 0.275. The molecular formula is C16H18N4O4. The van der Waals surface area contributed by atoms with Gasteiger partial charge in [-0.2, -0.15) is 5.10 Å². The molecule has 0 aliphatic carbocycles. The zero-order valence-corrected chi connectivity index (χ0v) is 13.4. The van der Waals surface area contributed by atoms with Gasteiger partial charge >= 0.3 is 0 Å².